The number of nitrogens with one attached hydrogen (secondary N) is 1. The summed E-state index contributed by atoms with van der Waals surface area (Å²) in [5.41, 5.74) is 1.57. The van der Waals surface area contributed by atoms with E-state index < -0.39 is 0 Å². The fraction of sp³-hybridized carbons (Fsp3) is 0.667. The summed E-state index contributed by atoms with van der Waals surface area (Å²) in [5.74, 6) is 0.947. The van der Waals surface area contributed by atoms with Crippen molar-refractivity contribution in [2.75, 3.05) is 27.7 Å². The molecule has 0 radical (unpaired) electrons. The lowest BCUT2D eigenvalue weighted by Crippen LogP contribution is -2.52. The average molecular weight is 290 g/mol. The summed E-state index contributed by atoms with van der Waals surface area (Å²) in [5, 5.41) is 3.80. The number of methoxy groups -OCH3 is 1. The first-order valence-corrected chi connectivity index (χ1v) is 8.19. The molecule has 0 bridgehead atoms. The van der Waals surface area contributed by atoms with Crippen molar-refractivity contribution >= 4 is 0 Å². The minimum Gasteiger partial charge on any atom is -0.497 e. The van der Waals surface area contributed by atoms with Gasteiger partial charge in [0.15, 0.2) is 0 Å². The molecule has 3 nitrogen and oxygen atoms in total. The van der Waals surface area contributed by atoms with Gasteiger partial charge < -0.3 is 15.0 Å². The number of ether oxygens (including phenoxy) is 1. The third kappa shape index (κ3) is 3.41. The van der Waals surface area contributed by atoms with Crippen LogP contribution in [0.3, 0.4) is 0 Å². The van der Waals surface area contributed by atoms with Gasteiger partial charge in [-0.2, -0.15) is 0 Å². The van der Waals surface area contributed by atoms with Gasteiger partial charge in [-0.3, -0.25) is 0 Å². The molecule has 0 spiro atoms. The van der Waals surface area contributed by atoms with Crippen LogP contribution < -0.4 is 10.1 Å². The second-order valence-electron chi connectivity index (χ2n) is 6.37. The normalized spacial score (nSPS) is 18.9. The topological polar surface area (TPSA) is 24.5 Å². The van der Waals surface area contributed by atoms with Gasteiger partial charge in [0, 0.05) is 5.54 Å². The molecule has 0 aliphatic heterocycles. The summed E-state index contributed by atoms with van der Waals surface area (Å²) in [7, 11) is 6.20. The Morgan fingerprint density at radius 2 is 2.00 bits per heavy atom. The maximum absolute atomic E-state index is 5.42. The molecule has 1 fully saturated rings. The van der Waals surface area contributed by atoms with Gasteiger partial charge in [-0.25, -0.2) is 0 Å². The molecule has 0 aromatic heterocycles. The number of hydrogen-bond donors (Lipinski definition) is 1. The molecule has 1 unspecified atom stereocenters. The average Bonchev–Trinajstić information content (AvgIpc) is 2.99. The van der Waals surface area contributed by atoms with Crippen LogP contribution in [0.1, 0.15) is 50.6 Å². The number of benzene rings is 1. The number of likely N-dealkylation sites (N-methyl/N-ethyl adjacent to an activating group) is 1. The van der Waals surface area contributed by atoms with E-state index in [1.807, 2.05) is 6.07 Å². The minimum atomic E-state index is 0.224. The zero-order chi connectivity index (χ0) is 15.3. The third-order valence-electron chi connectivity index (χ3n) is 4.92. The monoisotopic (exact) mass is 290 g/mol. The largest absolute Gasteiger partial charge is 0.497 e. The second-order valence-corrected chi connectivity index (χ2v) is 6.37. The first kappa shape index (κ1) is 16.3. The van der Waals surface area contributed by atoms with Crippen LogP contribution in [0.25, 0.3) is 0 Å². The van der Waals surface area contributed by atoms with E-state index in [9.17, 15) is 0 Å². The van der Waals surface area contributed by atoms with Crippen LogP contribution in [-0.2, 0) is 0 Å². The molecule has 1 aliphatic rings. The highest BCUT2D eigenvalue weighted by Crippen LogP contribution is 2.43. The Bertz CT molecular complexity index is 439. The van der Waals surface area contributed by atoms with Crippen molar-refractivity contribution in [2.45, 2.75) is 50.6 Å². The molecular weight excluding hydrogens is 260 g/mol. The fourth-order valence-corrected chi connectivity index (χ4v) is 3.71. The van der Waals surface area contributed by atoms with Gasteiger partial charge in [0.1, 0.15) is 5.75 Å². The summed E-state index contributed by atoms with van der Waals surface area (Å²) in [6, 6.07) is 8.92. The van der Waals surface area contributed by atoms with E-state index in [2.05, 4.69) is 49.4 Å². The highest BCUT2D eigenvalue weighted by Gasteiger charge is 2.43. The Balaban J connectivity index is 2.36. The first-order valence-electron chi connectivity index (χ1n) is 8.19. The van der Waals surface area contributed by atoms with Crippen LogP contribution in [0, 0.1) is 0 Å². The minimum absolute atomic E-state index is 0.224. The molecule has 0 amide bonds. The molecule has 1 saturated carbocycles. The Kier molecular flexibility index (Phi) is 5.65. The molecule has 1 atom stereocenters. The summed E-state index contributed by atoms with van der Waals surface area (Å²) in [6.07, 6.45) is 6.33. The zero-order valence-corrected chi connectivity index (χ0v) is 14.0. The van der Waals surface area contributed by atoms with Crippen LogP contribution in [0.15, 0.2) is 24.3 Å². The molecular formula is C18H30N2O. The standard InChI is InChI=1S/C18H30N2O/c1-5-13-19-17(15-9-8-10-16(14-15)21-4)18(20(2)3)11-6-7-12-18/h8-10,14,17,19H,5-7,11-13H2,1-4H3. The van der Waals surface area contributed by atoms with Gasteiger partial charge >= 0.3 is 0 Å². The van der Waals surface area contributed by atoms with Crippen molar-refractivity contribution in [3.63, 3.8) is 0 Å². The van der Waals surface area contributed by atoms with Crippen molar-refractivity contribution in [2.24, 2.45) is 0 Å². The summed E-state index contributed by atoms with van der Waals surface area (Å²) in [6.45, 7) is 3.28. The molecule has 118 valence electrons. The SMILES string of the molecule is CCCNC(c1cccc(OC)c1)C1(N(C)C)CCCC1. The van der Waals surface area contributed by atoms with E-state index in [0.29, 0.717) is 6.04 Å². The highest BCUT2D eigenvalue weighted by atomic mass is 16.5. The third-order valence-corrected chi connectivity index (χ3v) is 4.92. The Morgan fingerprint density at radius 3 is 2.57 bits per heavy atom. The van der Waals surface area contributed by atoms with E-state index in [0.717, 1.165) is 18.7 Å². The van der Waals surface area contributed by atoms with Crippen molar-refractivity contribution < 1.29 is 4.74 Å². The van der Waals surface area contributed by atoms with Gasteiger partial charge in [-0.15, -0.1) is 0 Å². The van der Waals surface area contributed by atoms with Gasteiger partial charge in [0.2, 0.25) is 0 Å². The first-order chi connectivity index (χ1) is 10.1. The van der Waals surface area contributed by atoms with Crippen molar-refractivity contribution in [3.8, 4) is 5.75 Å². The molecule has 1 aromatic carbocycles. The Labute approximate surface area is 129 Å². The number of hydrogen-bond acceptors (Lipinski definition) is 3. The van der Waals surface area contributed by atoms with E-state index in [4.69, 9.17) is 4.74 Å². The van der Waals surface area contributed by atoms with E-state index in [1.165, 1.54) is 31.2 Å². The van der Waals surface area contributed by atoms with Crippen molar-refractivity contribution in [1.82, 2.24) is 10.2 Å². The lowest BCUT2D eigenvalue weighted by atomic mass is 9.82. The Morgan fingerprint density at radius 1 is 1.29 bits per heavy atom. The molecule has 1 aromatic rings. The van der Waals surface area contributed by atoms with E-state index in [-0.39, 0.29) is 5.54 Å². The fourth-order valence-electron chi connectivity index (χ4n) is 3.71. The lowest BCUT2D eigenvalue weighted by Gasteiger charge is -2.44. The van der Waals surface area contributed by atoms with E-state index >= 15 is 0 Å². The molecule has 2 rings (SSSR count). The van der Waals surface area contributed by atoms with Crippen molar-refractivity contribution in [1.29, 1.82) is 0 Å². The van der Waals surface area contributed by atoms with Gasteiger partial charge in [0.05, 0.1) is 13.2 Å². The maximum Gasteiger partial charge on any atom is 0.119 e. The summed E-state index contributed by atoms with van der Waals surface area (Å²) >= 11 is 0. The smallest absolute Gasteiger partial charge is 0.119 e. The Hall–Kier alpha value is -1.06. The number of nitrogens with zero attached hydrogens (tertiary/aromatic N) is 1. The lowest BCUT2D eigenvalue weighted by molar-refractivity contribution is 0.104. The zero-order valence-electron chi connectivity index (χ0n) is 14.0. The second kappa shape index (κ2) is 7.28. The van der Waals surface area contributed by atoms with Crippen LogP contribution in [0.4, 0.5) is 0 Å². The number of rotatable bonds is 7. The van der Waals surface area contributed by atoms with Crippen LogP contribution in [0.2, 0.25) is 0 Å². The summed E-state index contributed by atoms with van der Waals surface area (Å²) in [4.78, 5) is 2.44. The van der Waals surface area contributed by atoms with Crippen molar-refractivity contribution in [3.05, 3.63) is 29.8 Å². The van der Waals surface area contributed by atoms with Crippen LogP contribution in [-0.4, -0.2) is 38.2 Å². The van der Waals surface area contributed by atoms with Gasteiger partial charge in [0.25, 0.3) is 0 Å². The predicted octanol–water partition coefficient (Wildman–Crippen LogP) is 3.61. The molecule has 0 saturated heterocycles. The molecule has 0 heterocycles. The summed E-state index contributed by atoms with van der Waals surface area (Å²) < 4.78 is 5.42. The molecule has 1 N–H and O–H groups in total. The van der Waals surface area contributed by atoms with Crippen LogP contribution in [0.5, 0.6) is 5.75 Å². The van der Waals surface area contributed by atoms with E-state index in [1.54, 1.807) is 7.11 Å². The highest BCUT2D eigenvalue weighted by molar-refractivity contribution is 5.33. The van der Waals surface area contributed by atoms with Gasteiger partial charge in [-0.1, -0.05) is 31.9 Å². The molecule has 21 heavy (non-hydrogen) atoms. The molecule has 1 aliphatic carbocycles. The maximum atomic E-state index is 5.42. The predicted molar refractivity (Wildman–Crippen MR) is 88.9 cm³/mol. The van der Waals surface area contributed by atoms with Gasteiger partial charge in [-0.05, 0) is 57.6 Å². The molecule has 3 heteroatoms. The quantitative estimate of drug-likeness (QED) is 0.830. The van der Waals surface area contributed by atoms with Crippen LogP contribution >= 0.6 is 0 Å².